The fourth-order valence-corrected chi connectivity index (χ4v) is 1.97. The van der Waals surface area contributed by atoms with Crippen LogP contribution in [0.1, 0.15) is 33.1 Å². The summed E-state index contributed by atoms with van der Waals surface area (Å²) in [4.78, 5) is 13.1. The van der Waals surface area contributed by atoms with E-state index >= 15 is 0 Å². The summed E-state index contributed by atoms with van der Waals surface area (Å²) in [7, 11) is 1.33. The molecule has 0 radical (unpaired) electrons. The number of unbranched alkanes of at least 4 members (excludes halogenated alkanes) is 1. The van der Waals surface area contributed by atoms with Gasteiger partial charge in [0, 0.05) is 13.1 Å². The lowest BCUT2D eigenvalue weighted by Crippen LogP contribution is -2.37. The first-order valence-corrected chi connectivity index (χ1v) is 6.78. The molecule has 6 nitrogen and oxygen atoms in total. The van der Waals surface area contributed by atoms with Crippen LogP contribution in [0.3, 0.4) is 0 Å². The van der Waals surface area contributed by atoms with Crippen LogP contribution in [0.25, 0.3) is 0 Å². The fraction of sp³-hybridized carbons (Fsp3) is 0.923. The highest BCUT2D eigenvalue weighted by molar-refractivity contribution is 5.75. The number of esters is 1. The van der Waals surface area contributed by atoms with Crippen molar-refractivity contribution in [3.63, 3.8) is 0 Å². The van der Waals surface area contributed by atoms with E-state index in [1.54, 1.807) is 13.8 Å². The molecule has 0 aliphatic rings. The van der Waals surface area contributed by atoms with Crippen molar-refractivity contribution in [3.05, 3.63) is 0 Å². The van der Waals surface area contributed by atoms with Crippen molar-refractivity contribution in [2.24, 2.45) is 5.73 Å². The van der Waals surface area contributed by atoms with Crippen LogP contribution >= 0.6 is 0 Å². The van der Waals surface area contributed by atoms with Crippen molar-refractivity contribution >= 4 is 5.97 Å². The molecule has 0 amide bonds. The van der Waals surface area contributed by atoms with Crippen LogP contribution in [0.4, 0.5) is 0 Å². The molecule has 0 aromatic carbocycles. The average Bonchev–Trinajstić information content (AvgIpc) is 2.31. The van der Waals surface area contributed by atoms with Gasteiger partial charge in [-0.2, -0.15) is 0 Å². The summed E-state index contributed by atoms with van der Waals surface area (Å²) in [6, 6.07) is -0.563. The molecule has 114 valence electrons. The van der Waals surface area contributed by atoms with Gasteiger partial charge in [-0.25, -0.2) is 0 Å². The van der Waals surface area contributed by atoms with Crippen molar-refractivity contribution in [2.45, 2.75) is 51.4 Å². The van der Waals surface area contributed by atoms with Crippen molar-refractivity contribution in [2.75, 3.05) is 26.7 Å². The number of nitrogens with zero attached hydrogens (tertiary/aromatic N) is 1. The summed E-state index contributed by atoms with van der Waals surface area (Å²) in [6.07, 6.45) is 1.42. The molecule has 0 aromatic rings. The second-order valence-corrected chi connectivity index (χ2v) is 5.08. The number of carbonyl (C=O) groups is 1. The molecule has 4 N–H and O–H groups in total. The molecular weight excluding hydrogens is 248 g/mol. The third-order valence-corrected chi connectivity index (χ3v) is 2.79. The molecule has 0 bridgehead atoms. The number of methoxy groups -OCH3 is 1. The first kappa shape index (κ1) is 18.3. The van der Waals surface area contributed by atoms with Gasteiger partial charge in [0.2, 0.25) is 0 Å². The van der Waals surface area contributed by atoms with Crippen LogP contribution in [0.15, 0.2) is 0 Å². The largest absolute Gasteiger partial charge is 0.468 e. The number of aliphatic hydroxyl groups is 2. The Morgan fingerprint density at radius 1 is 1.21 bits per heavy atom. The highest BCUT2D eigenvalue weighted by Gasteiger charge is 2.14. The number of aliphatic hydroxyl groups excluding tert-OH is 2. The third kappa shape index (κ3) is 9.84. The highest BCUT2D eigenvalue weighted by atomic mass is 16.5. The number of carbonyl (C=O) groups excluding carboxylic acids is 1. The predicted octanol–water partition coefficient (Wildman–Crippen LogP) is -0.279. The minimum atomic E-state index is -0.563. The van der Waals surface area contributed by atoms with E-state index in [2.05, 4.69) is 4.74 Å². The molecule has 3 atom stereocenters. The maximum absolute atomic E-state index is 11.1. The third-order valence-electron chi connectivity index (χ3n) is 2.79. The van der Waals surface area contributed by atoms with Gasteiger partial charge in [0.05, 0.1) is 19.3 Å². The quantitative estimate of drug-likeness (QED) is 0.375. The Labute approximate surface area is 115 Å². The van der Waals surface area contributed by atoms with E-state index in [1.807, 2.05) is 4.90 Å². The topological polar surface area (TPSA) is 96.0 Å². The first-order valence-electron chi connectivity index (χ1n) is 6.78. The van der Waals surface area contributed by atoms with Gasteiger partial charge in [-0.05, 0) is 33.2 Å². The molecule has 0 aliphatic carbocycles. The van der Waals surface area contributed by atoms with Crippen molar-refractivity contribution < 1.29 is 19.7 Å². The molecule has 0 saturated heterocycles. The number of hydrogen-bond donors (Lipinski definition) is 3. The Bertz CT molecular complexity index is 237. The molecule has 3 unspecified atom stereocenters. The Morgan fingerprint density at radius 3 is 2.16 bits per heavy atom. The van der Waals surface area contributed by atoms with Crippen LogP contribution in [-0.4, -0.2) is 66.1 Å². The zero-order chi connectivity index (χ0) is 14.8. The Kier molecular flexibility index (Phi) is 9.77. The second kappa shape index (κ2) is 10.1. The van der Waals surface area contributed by atoms with Crippen molar-refractivity contribution in [1.82, 2.24) is 4.90 Å². The molecule has 0 rings (SSSR count). The molecule has 0 spiro atoms. The van der Waals surface area contributed by atoms with Crippen LogP contribution in [0.5, 0.6) is 0 Å². The van der Waals surface area contributed by atoms with Gasteiger partial charge in [0.1, 0.15) is 6.04 Å². The van der Waals surface area contributed by atoms with Crippen LogP contribution in [0, 0.1) is 0 Å². The lowest BCUT2D eigenvalue weighted by molar-refractivity contribution is -0.142. The molecule has 6 heteroatoms. The molecule has 19 heavy (non-hydrogen) atoms. The summed E-state index contributed by atoms with van der Waals surface area (Å²) in [5.41, 5.74) is 5.64. The minimum Gasteiger partial charge on any atom is -0.468 e. The number of rotatable bonds is 10. The molecular formula is C13H28N2O4. The Morgan fingerprint density at radius 2 is 1.74 bits per heavy atom. The van der Waals surface area contributed by atoms with Gasteiger partial charge in [0.15, 0.2) is 0 Å². The summed E-state index contributed by atoms with van der Waals surface area (Å²) in [6.45, 7) is 5.29. The Hall–Kier alpha value is -0.690. The van der Waals surface area contributed by atoms with Gasteiger partial charge >= 0.3 is 5.97 Å². The van der Waals surface area contributed by atoms with Crippen LogP contribution in [0.2, 0.25) is 0 Å². The molecule has 0 saturated carbocycles. The van der Waals surface area contributed by atoms with Gasteiger partial charge < -0.3 is 20.7 Å². The lowest BCUT2D eigenvalue weighted by Gasteiger charge is -2.25. The second-order valence-electron chi connectivity index (χ2n) is 5.08. The molecule has 0 aliphatic heterocycles. The standard InChI is InChI=1S/C13H28N2O4/c1-10(16)8-15(9-11(2)17)7-5-4-6-12(14)13(18)19-3/h10-12,16-17H,4-9,14H2,1-3H3. The van der Waals surface area contributed by atoms with E-state index < -0.39 is 18.2 Å². The van der Waals surface area contributed by atoms with Gasteiger partial charge in [-0.3, -0.25) is 9.69 Å². The van der Waals surface area contributed by atoms with E-state index in [0.29, 0.717) is 19.5 Å². The maximum atomic E-state index is 11.1. The summed E-state index contributed by atoms with van der Waals surface area (Å²) >= 11 is 0. The fourth-order valence-electron chi connectivity index (χ4n) is 1.97. The van der Waals surface area contributed by atoms with E-state index in [9.17, 15) is 15.0 Å². The van der Waals surface area contributed by atoms with Crippen LogP contribution < -0.4 is 5.73 Å². The molecule has 0 fully saturated rings. The highest BCUT2D eigenvalue weighted by Crippen LogP contribution is 2.04. The number of hydrogen-bond acceptors (Lipinski definition) is 6. The molecule has 0 heterocycles. The van der Waals surface area contributed by atoms with Gasteiger partial charge in [-0.1, -0.05) is 6.42 Å². The van der Waals surface area contributed by atoms with E-state index in [-0.39, 0.29) is 5.97 Å². The lowest BCUT2D eigenvalue weighted by atomic mass is 10.1. The smallest absolute Gasteiger partial charge is 0.322 e. The number of nitrogens with two attached hydrogens (primary N) is 1. The normalized spacial score (nSPS) is 16.2. The van der Waals surface area contributed by atoms with Gasteiger partial charge in [-0.15, -0.1) is 0 Å². The van der Waals surface area contributed by atoms with E-state index in [0.717, 1.165) is 19.4 Å². The minimum absolute atomic E-state index is 0.384. The summed E-state index contributed by atoms with van der Waals surface area (Å²) < 4.78 is 4.55. The Balaban J connectivity index is 3.88. The molecule has 0 aromatic heterocycles. The first-order chi connectivity index (χ1) is 8.86. The van der Waals surface area contributed by atoms with E-state index in [4.69, 9.17) is 5.73 Å². The monoisotopic (exact) mass is 276 g/mol. The number of ether oxygens (including phenoxy) is 1. The van der Waals surface area contributed by atoms with Gasteiger partial charge in [0.25, 0.3) is 0 Å². The summed E-state index contributed by atoms with van der Waals surface area (Å²) in [5.74, 6) is -0.384. The maximum Gasteiger partial charge on any atom is 0.322 e. The zero-order valence-electron chi connectivity index (χ0n) is 12.2. The van der Waals surface area contributed by atoms with Crippen molar-refractivity contribution in [1.29, 1.82) is 0 Å². The predicted molar refractivity (Wildman–Crippen MR) is 73.6 cm³/mol. The average molecular weight is 276 g/mol. The van der Waals surface area contributed by atoms with Crippen LogP contribution in [-0.2, 0) is 9.53 Å². The van der Waals surface area contributed by atoms with E-state index in [1.165, 1.54) is 7.11 Å². The zero-order valence-corrected chi connectivity index (χ0v) is 12.2. The van der Waals surface area contributed by atoms with Crippen molar-refractivity contribution in [3.8, 4) is 0 Å². The SMILES string of the molecule is COC(=O)C(N)CCCCN(CC(C)O)CC(C)O. The summed E-state index contributed by atoms with van der Waals surface area (Å²) in [5, 5.41) is 18.8.